The summed E-state index contributed by atoms with van der Waals surface area (Å²) in [6.45, 7) is 1.81. The molecule has 2 heterocycles. The second kappa shape index (κ2) is 7.79. The zero-order valence-electron chi connectivity index (χ0n) is 14.3. The summed E-state index contributed by atoms with van der Waals surface area (Å²) in [5.74, 6) is -0.389. The van der Waals surface area contributed by atoms with Crippen LogP contribution in [0.25, 0.3) is 0 Å². The second-order valence-corrected chi connectivity index (χ2v) is 10.3. The average Bonchev–Trinajstić information content (AvgIpc) is 2.87. The molecule has 8 nitrogen and oxygen atoms in total. The molecule has 1 unspecified atom stereocenters. The first-order chi connectivity index (χ1) is 11.6. The molecule has 1 aliphatic heterocycles. The lowest BCUT2D eigenvalue weighted by molar-refractivity contribution is -0.133. The first kappa shape index (κ1) is 19.8. The number of sulfonamides is 1. The molecule has 0 aromatic carbocycles. The molecule has 0 radical (unpaired) electrons. The first-order valence-corrected chi connectivity index (χ1v) is 11.6. The molecule has 0 aliphatic carbocycles. The van der Waals surface area contributed by atoms with Gasteiger partial charge in [0.05, 0.1) is 24.3 Å². The van der Waals surface area contributed by atoms with Gasteiger partial charge in [0.25, 0.3) is 0 Å². The highest BCUT2D eigenvalue weighted by atomic mass is 32.2. The largest absolute Gasteiger partial charge is 0.338 e. The number of pyridine rings is 1. The van der Waals surface area contributed by atoms with Crippen molar-refractivity contribution in [3.63, 3.8) is 0 Å². The van der Waals surface area contributed by atoms with E-state index in [0.29, 0.717) is 18.5 Å². The highest BCUT2D eigenvalue weighted by Crippen LogP contribution is 2.18. The lowest BCUT2D eigenvalue weighted by Crippen LogP contribution is -2.47. The Bertz CT molecular complexity index is 809. The number of carbonyl (C=O) groups excluding carboxylic acids is 1. The summed E-state index contributed by atoms with van der Waals surface area (Å²) in [6, 6.07) is 3.04. The molecule has 140 valence electrons. The zero-order chi connectivity index (χ0) is 18.7. The summed E-state index contributed by atoms with van der Waals surface area (Å²) in [5, 5.41) is 0. The van der Waals surface area contributed by atoms with Crippen LogP contribution in [0, 0.1) is 0 Å². The monoisotopic (exact) mass is 389 g/mol. The molecule has 1 aromatic heterocycles. The van der Waals surface area contributed by atoms with Gasteiger partial charge in [0, 0.05) is 31.5 Å². The van der Waals surface area contributed by atoms with Gasteiger partial charge in [-0.05, 0) is 25.0 Å². The van der Waals surface area contributed by atoms with Crippen LogP contribution in [-0.2, 0) is 31.2 Å². The summed E-state index contributed by atoms with van der Waals surface area (Å²) in [5.41, 5.74) is 0.673. The van der Waals surface area contributed by atoms with Gasteiger partial charge < -0.3 is 4.90 Å². The van der Waals surface area contributed by atoms with E-state index in [0.717, 1.165) is 10.6 Å². The van der Waals surface area contributed by atoms with E-state index in [1.165, 1.54) is 4.90 Å². The van der Waals surface area contributed by atoms with Gasteiger partial charge in [-0.1, -0.05) is 6.07 Å². The van der Waals surface area contributed by atoms with E-state index in [4.69, 9.17) is 0 Å². The Morgan fingerprint density at radius 3 is 2.60 bits per heavy atom. The van der Waals surface area contributed by atoms with Crippen LogP contribution in [0.3, 0.4) is 0 Å². The quantitative estimate of drug-likeness (QED) is 0.644. The average molecular weight is 389 g/mol. The molecular weight excluding hydrogens is 366 g/mol. The minimum Gasteiger partial charge on any atom is -0.338 e. The molecule has 10 heteroatoms. The molecule has 1 atom stereocenters. The van der Waals surface area contributed by atoms with E-state index < -0.39 is 19.9 Å². The molecule has 1 aromatic rings. The smallest absolute Gasteiger partial charge is 0.238 e. The Morgan fingerprint density at radius 1 is 1.40 bits per heavy atom. The lowest BCUT2D eigenvalue weighted by Gasteiger charge is -2.29. The van der Waals surface area contributed by atoms with Gasteiger partial charge in [0.2, 0.25) is 15.9 Å². The van der Waals surface area contributed by atoms with Crippen molar-refractivity contribution in [3.8, 4) is 0 Å². The van der Waals surface area contributed by atoms with E-state index in [9.17, 15) is 21.6 Å². The fourth-order valence-corrected chi connectivity index (χ4v) is 5.35. The Labute approximate surface area is 148 Å². The molecule has 25 heavy (non-hydrogen) atoms. The van der Waals surface area contributed by atoms with Gasteiger partial charge in [-0.25, -0.2) is 16.8 Å². The van der Waals surface area contributed by atoms with Crippen LogP contribution < -0.4 is 0 Å². The third-order valence-corrected chi connectivity index (χ3v) is 7.12. The van der Waals surface area contributed by atoms with E-state index in [1.54, 1.807) is 31.5 Å². The van der Waals surface area contributed by atoms with E-state index in [-0.39, 0.29) is 36.5 Å². The molecule has 1 saturated heterocycles. The predicted octanol–water partition coefficient (Wildman–Crippen LogP) is -0.121. The molecule has 1 aliphatic rings. The van der Waals surface area contributed by atoms with E-state index in [2.05, 4.69) is 4.98 Å². The number of carbonyl (C=O) groups is 1. The van der Waals surface area contributed by atoms with Crippen molar-refractivity contribution in [3.05, 3.63) is 30.1 Å². The summed E-state index contributed by atoms with van der Waals surface area (Å²) in [7, 11) is -6.73. The number of nitrogens with zero attached hydrogens (tertiary/aromatic N) is 3. The van der Waals surface area contributed by atoms with Gasteiger partial charge in [-0.2, -0.15) is 4.31 Å². The normalized spacial score (nSPS) is 19.9. The number of rotatable bonds is 7. The number of amides is 1. The van der Waals surface area contributed by atoms with Gasteiger partial charge >= 0.3 is 0 Å². The SMILES string of the molecule is CCN(C(=O)CN(Cc1cccnc1)S(C)(=O)=O)C1CCS(=O)(=O)C1. The van der Waals surface area contributed by atoms with Crippen LogP contribution in [0.1, 0.15) is 18.9 Å². The van der Waals surface area contributed by atoms with E-state index in [1.807, 2.05) is 0 Å². The maximum Gasteiger partial charge on any atom is 0.238 e. The second-order valence-electron chi connectivity index (χ2n) is 6.13. The Balaban J connectivity index is 2.13. The van der Waals surface area contributed by atoms with Crippen molar-refractivity contribution in [1.82, 2.24) is 14.2 Å². The maximum absolute atomic E-state index is 12.6. The summed E-state index contributed by atoms with van der Waals surface area (Å²) < 4.78 is 48.5. The molecular formula is C15H23N3O5S2. The predicted molar refractivity (Wildman–Crippen MR) is 93.9 cm³/mol. The fourth-order valence-electron chi connectivity index (χ4n) is 2.89. The van der Waals surface area contributed by atoms with Crippen molar-refractivity contribution in [2.24, 2.45) is 0 Å². The van der Waals surface area contributed by atoms with Crippen LogP contribution in [0.2, 0.25) is 0 Å². The van der Waals surface area contributed by atoms with Crippen molar-refractivity contribution < 1.29 is 21.6 Å². The van der Waals surface area contributed by atoms with Gasteiger partial charge in [0.1, 0.15) is 0 Å². The third kappa shape index (κ3) is 5.48. The van der Waals surface area contributed by atoms with Crippen molar-refractivity contribution in [2.45, 2.75) is 25.9 Å². The molecule has 2 rings (SSSR count). The molecule has 0 bridgehead atoms. The fraction of sp³-hybridized carbons (Fsp3) is 0.600. The molecule has 0 saturated carbocycles. The standard InChI is InChI=1S/C15H23N3O5S2/c1-3-18(14-6-8-25(22,23)12-14)15(19)11-17(24(2,20)21)10-13-5-4-7-16-9-13/h4-5,7,9,14H,3,6,8,10-12H2,1-2H3. The number of sulfone groups is 1. The zero-order valence-corrected chi connectivity index (χ0v) is 16.0. The number of likely N-dealkylation sites (N-methyl/N-ethyl adjacent to an activating group) is 1. The van der Waals surface area contributed by atoms with Crippen molar-refractivity contribution in [2.75, 3.05) is 30.9 Å². The third-order valence-electron chi connectivity index (χ3n) is 4.17. The number of aromatic nitrogens is 1. The van der Waals surface area contributed by atoms with Crippen LogP contribution in [0.5, 0.6) is 0 Å². The van der Waals surface area contributed by atoms with Crippen molar-refractivity contribution in [1.29, 1.82) is 0 Å². The van der Waals surface area contributed by atoms with E-state index >= 15 is 0 Å². The number of hydrogen-bond donors (Lipinski definition) is 0. The lowest BCUT2D eigenvalue weighted by atomic mass is 10.2. The summed E-state index contributed by atoms with van der Waals surface area (Å²) >= 11 is 0. The van der Waals surface area contributed by atoms with Gasteiger partial charge in [0.15, 0.2) is 9.84 Å². The highest BCUT2D eigenvalue weighted by Gasteiger charge is 2.35. The highest BCUT2D eigenvalue weighted by molar-refractivity contribution is 7.91. The topological polar surface area (TPSA) is 105 Å². The van der Waals surface area contributed by atoms with Gasteiger partial charge in [-0.3, -0.25) is 9.78 Å². The molecule has 1 amide bonds. The molecule has 0 N–H and O–H groups in total. The molecule has 0 spiro atoms. The Morgan fingerprint density at radius 2 is 2.12 bits per heavy atom. The first-order valence-electron chi connectivity index (χ1n) is 7.96. The maximum atomic E-state index is 12.6. The van der Waals surface area contributed by atoms with Crippen LogP contribution >= 0.6 is 0 Å². The van der Waals surface area contributed by atoms with Gasteiger partial charge in [-0.15, -0.1) is 0 Å². The van der Waals surface area contributed by atoms with Crippen LogP contribution in [0.4, 0.5) is 0 Å². The summed E-state index contributed by atoms with van der Waals surface area (Å²) in [4.78, 5) is 18.0. The van der Waals surface area contributed by atoms with Crippen LogP contribution in [0.15, 0.2) is 24.5 Å². The molecule has 1 fully saturated rings. The minimum absolute atomic E-state index is 0.0406. The Hall–Kier alpha value is -1.52. The minimum atomic E-state index is -3.61. The Kier molecular flexibility index (Phi) is 6.17. The van der Waals surface area contributed by atoms with Crippen LogP contribution in [-0.4, -0.2) is 73.8 Å². The summed E-state index contributed by atoms with van der Waals surface area (Å²) in [6.07, 6.45) is 4.57. The van der Waals surface area contributed by atoms with Crippen molar-refractivity contribution >= 4 is 25.8 Å². The number of hydrogen-bond acceptors (Lipinski definition) is 6.